The highest BCUT2D eigenvalue weighted by Crippen LogP contribution is 2.60. The first-order chi connectivity index (χ1) is 10.4. The van der Waals surface area contributed by atoms with Crippen molar-refractivity contribution >= 4 is 23.5 Å². The number of aliphatic hydroxyl groups is 2. The van der Waals surface area contributed by atoms with Gasteiger partial charge in [-0.25, -0.2) is 4.31 Å². The molecule has 0 amide bonds. The molecule has 1 aliphatic heterocycles. The van der Waals surface area contributed by atoms with Gasteiger partial charge in [0.25, 0.3) is 15.6 Å². The molecular weight excluding hydrogens is 397 g/mol. The maximum Gasteiger partial charge on any atom is 0.278 e. The monoisotopic (exact) mass is 412 g/mol. The highest BCUT2D eigenvalue weighted by atomic mass is 31.3. The van der Waals surface area contributed by atoms with Crippen molar-refractivity contribution in [2.75, 3.05) is 6.61 Å². The van der Waals surface area contributed by atoms with E-state index in [1.165, 1.54) is 20.8 Å². The largest absolute Gasteiger partial charge is 0.790 e. The van der Waals surface area contributed by atoms with Gasteiger partial charge in [-0.2, -0.15) is 0 Å². The zero-order valence-corrected chi connectivity index (χ0v) is 15.3. The normalized spacial score (nSPS) is 35.4. The Hall–Kier alpha value is 0.290. The number of aliphatic hydroxyl groups excluding tert-OH is 2. The highest BCUT2D eigenvalue weighted by Gasteiger charge is 2.55. The van der Waals surface area contributed by atoms with E-state index >= 15 is 0 Å². The average molecular weight is 412 g/mol. The molecule has 0 aliphatic carbocycles. The molecule has 0 spiro atoms. The van der Waals surface area contributed by atoms with E-state index in [1.54, 1.807) is 0 Å². The number of phosphoric acid groups is 3. The van der Waals surface area contributed by atoms with Gasteiger partial charge in [0, 0.05) is 0 Å². The Labute approximate surface area is 136 Å². The summed E-state index contributed by atoms with van der Waals surface area (Å²) in [6.45, 7) is 2.99. The topological polar surface area (TPSA) is 221 Å². The molecule has 0 aromatic rings. The van der Waals surface area contributed by atoms with Crippen LogP contribution in [0.1, 0.15) is 20.8 Å². The molecule has 24 heavy (non-hydrogen) atoms. The summed E-state index contributed by atoms with van der Waals surface area (Å²) in [6, 6.07) is 0. The van der Waals surface area contributed by atoms with Gasteiger partial charge in [-0.1, -0.05) is 0 Å². The van der Waals surface area contributed by atoms with Gasteiger partial charge >= 0.3 is 0 Å². The maximum absolute atomic E-state index is 11.4. The summed E-state index contributed by atoms with van der Waals surface area (Å²) in [5.41, 5.74) is -3.02. The molecule has 16 heteroatoms. The number of phosphoric ester groups is 1. The van der Waals surface area contributed by atoms with Crippen LogP contribution in [-0.2, 0) is 31.6 Å². The molecule has 1 fully saturated rings. The predicted molar refractivity (Wildman–Crippen MR) is 66.5 cm³/mol. The van der Waals surface area contributed by atoms with Crippen molar-refractivity contribution in [2.24, 2.45) is 0 Å². The molecule has 0 aromatic heterocycles. The van der Waals surface area contributed by atoms with Crippen molar-refractivity contribution < 1.29 is 61.4 Å². The van der Waals surface area contributed by atoms with E-state index in [1.807, 2.05) is 0 Å². The Bertz CT molecular complexity index is 612. The second-order valence-corrected chi connectivity index (χ2v) is 9.93. The van der Waals surface area contributed by atoms with Gasteiger partial charge in [0.2, 0.25) is 0 Å². The molecule has 0 radical (unpaired) electrons. The fraction of sp³-hybridized carbons (Fsp3) is 1.00. The van der Waals surface area contributed by atoms with Crippen molar-refractivity contribution in [3.05, 3.63) is 0 Å². The van der Waals surface area contributed by atoms with Crippen LogP contribution in [0.15, 0.2) is 0 Å². The van der Waals surface area contributed by atoms with Crippen molar-refractivity contribution in [3.63, 3.8) is 0 Å². The Balaban J connectivity index is 2.77. The van der Waals surface area contributed by atoms with E-state index in [0.717, 1.165) is 0 Å². The summed E-state index contributed by atoms with van der Waals surface area (Å²) in [7, 11) is -17.8. The SMILES string of the molecule is CC1(C)OC(C)(COP(=O)([O-])OP(=O)([O-])OP(=O)([O-])[O-])C(O)C1O. The van der Waals surface area contributed by atoms with E-state index in [4.69, 9.17) is 4.74 Å². The molecule has 5 atom stereocenters. The first-order valence-corrected chi connectivity index (χ1v) is 10.6. The van der Waals surface area contributed by atoms with Crippen LogP contribution in [0.5, 0.6) is 0 Å². The molecule has 5 unspecified atom stereocenters. The molecule has 2 N–H and O–H groups in total. The lowest BCUT2D eigenvalue weighted by atomic mass is 9.93. The van der Waals surface area contributed by atoms with E-state index in [-0.39, 0.29) is 0 Å². The summed E-state index contributed by atoms with van der Waals surface area (Å²) in [6.07, 6.45) is -3.00. The molecule has 0 saturated carbocycles. The van der Waals surface area contributed by atoms with E-state index in [2.05, 4.69) is 13.1 Å². The second-order valence-electron chi connectivity index (χ2n) is 5.69. The van der Waals surface area contributed by atoms with E-state index in [9.17, 15) is 43.5 Å². The van der Waals surface area contributed by atoms with Crippen molar-refractivity contribution in [1.82, 2.24) is 0 Å². The van der Waals surface area contributed by atoms with Crippen LogP contribution in [0, 0.1) is 0 Å². The smallest absolute Gasteiger partial charge is 0.278 e. The van der Waals surface area contributed by atoms with Crippen LogP contribution in [0.2, 0.25) is 0 Å². The number of hydrogen-bond donors (Lipinski definition) is 2. The molecular formula is C8H15O13P3-4. The van der Waals surface area contributed by atoms with Crippen LogP contribution >= 0.6 is 23.5 Å². The third kappa shape index (κ3) is 5.93. The van der Waals surface area contributed by atoms with Crippen molar-refractivity contribution in [3.8, 4) is 0 Å². The predicted octanol–water partition coefficient (Wildman–Crippen LogP) is -2.91. The quantitative estimate of drug-likeness (QED) is 0.401. The molecule has 0 aromatic carbocycles. The van der Waals surface area contributed by atoms with Crippen LogP contribution in [0.3, 0.4) is 0 Å². The highest BCUT2D eigenvalue weighted by molar-refractivity contribution is 7.64. The molecule has 1 rings (SSSR count). The standard InChI is InChI=1S/C8H19O13P3/c1-7(2)5(9)6(10)8(3,19-7)4-18-23(14,15)21-24(16,17)20-22(11,12)13/h5-6,9-10H,4H2,1-3H3,(H,14,15)(H,16,17)(H2,11,12,13)/p-4. The minimum absolute atomic E-state index is 0.984. The molecule has 1 aliphatic rings. The number of ether oxygens (including phenoxy) is 1. The van der Waals surface area contributed by atoms with Crippen LogP contribution in [-0.4, -0.2) is 40.2 Å². The van der Waals surface area contributed by atoms with Gasteiger partial charge in [0.05, 0.1) is 20.0 Å². The second kappa shape index (κ2) is 6.79. The van der Waals surface area contributed by atoms with Gasteiger partial charge in [-0.05, 0) is 20.8 Å². The van der Waals surface area contributed by atoms with Crippen molar-refractivity contribution in [2.45, 2.75) is 44.2 Å². The third-order valence-electron chi connectivity index (χ3n) is 3.04. The summed E-state index contributed by atoms with van der Waals surface area (Å²) >= 11 is 0. The number of hydrogen-bond acceptors (Lipinski definition) is 13. The lowest BCUT2D eigenvalue weighted by molar-refractivity contribution is -0.339. The van der Waals surface area contributed by atoms with Crippen LogP contribution in [0.4, 0.5) is 0 Å². The fourth-order valence-corrected chi connectivity index (χ4v) is 4.99. The zero-order chi connectivity index (χ0) is 19.2. The molecule has 0 bridgehead atoms. The molecule has 13 nitrogen and oxygen atoms in total. The minimum Gasteiger partial charge on any atom is -0.790 e. The fourth-order valence-electron chi connectivity index (χ4n) is 2.04. The first-order valence-electron chi connectivity index (χ1n) is 6.17. The summed E-state index contributed by atoms with van der Waals surface area (Å²) < 4.78 is 48.5. The average Bonchev–Trinajstić information content (AvgIpc) is 2.43. The lowest BCUT2D eigenvalue weighted by Gasteiger charge is -2.38. The Morgan fingerprint density at radius 1 is 0.958 bits per heavy atom. The molecule has 1 saturated heterocycles. The summed E-state index contributed by atoms with van der Waals surface area (Å²) in [4.78, 5) is 42.8. The third-order valence-corrected chi connectivity index (χ3v) is 6.69. The summed E-state index contributed by atoms with van der Waals surface area (Å²) in [5.74, 6) is 0. The lowest BCUT2D eigenvalue weighted by Crippen LogP contribution is -2.44. The van der Waals surface area contributed by atoms with Gasteiger partial charge in [-0.15, -0.1) is 0 Å². The molecule has 144 valence electrons. The Kier molecular flexibility index (Phi) is 6.32. The zero-order valence-electron chi connectivity index (χ0n) is 12.6. The Morgan fingerprint density at radius 3 is 1.83 bits per heavy atom. The maximum atomic E-state index is 11.4. The van der Waals surface area contributed by atoms with E-state index in [0.29, 0.717) is 0 Å². The first kappa shape index (κ1) is 22.3. The van der Waals surface area contributed by atoms with Crippen LogP contribution < -0.4 is 19.6 Å². The summed E-state index contributed by atoms with van der Waals surface area (Å²) in [5, 5.41) is 19.7. The van der Waals surface area contributed by atoms with E-state index < -0.39 is 53.5 Å². The van der Waals surface area contributed by atoms with Crippen molar-refractivity contribution in [1.29, 1.82) is 0 Å². The van der Waals surface area contributed by atoms with Crippen LogP contribution in [0.25, 0.3) is 0 Å². The minimum atomic E-state index is -6.08. The molecule has 1 heterocycles. The van der Waals surface area contributed by atoms with Gasteiger partial charge < -0.3 is 43.6 Å². The van der Waals surface area contributed by atoms with Gasteiger partial charge in [-0.3, -0.25) is 13.4 Å². The van der Waals surface area contributed by atoms with Gasteiger partial charge in [0.1, 0.15) is 17.8 Å². The number of rotatable bonds is 7. The Morgan fingerprint density at radius 2 is 1.46 bits per heavy atom. The van der Waals surface area contributed by atoms with Gasteiger partial charge in [0.15, 0.2) is 0 Å².